The van der Waals surface area contributed by atoms with Gasteiger partial charge in [0.2, 0.25) is 11.8 Å². The van der Waals surface area contributed by atoms with Crippen LogP contribution in [0.25, 0.3) is 0 Å². The van der Waals surface area contributed by atoms with Gasteiger partial charge in [-0.2, -0.15) is 0 Å². The maximum Gasteiger partial charge on any atom is 0.244 e. The van der Waals surface area contributed by atoms with Crippen LogP contribution in [0.2, 0.25) is 0 Å². The number of hydrogen-bond acceptors (Lipinski definition) is 3. The molecule has 2 amide bonds. The van der Waals surface area contributed by atoms with Crippen molar-refractivity contribution in [1.82, 2.24) is 9.80 Å². The van der Waals surface area contributed by atoms with Gasteiger partial charge >= 0.3 is 0 Å². The summed E-state index contributed by atoms with van der Waals surface area (Å²) in [6.45, 7) is 0.476. The Bertz CT molecular complexity index is 205. The zero-order chi connectivity index (χ0) is 9.14. The van der Waals surface area contributed by atoms with Crippen molar-refractivity contribution in [2.75, 3.05) is 34.0 Å². The van der Waals surface area contributed by atoms with Gasteiger partial charge in [-0.3, -0.25) is 9.59 Å². The smallest absolute Gasteiger partial charge is 0.244 e. The standard InChI is InChI=1S/C7H12N2O3/c1-8-3-7(11)9(5-12-2)4-6(8)10/h3-5H2,1-2H3. The van der Waals surface area contributed by atoms with Crippen LogP contribution < -0.4 is 0 Å². The molecule has 1 aliphatic rings. The van der Waals surface area contributed by atoms with Gasteiger partial charge in [0.1, 0.15) is 13.3 Å². The van der Waals surface area contributed by atoms with Crippen molar-refractivity contribution < 1.29 is 14.3 Å². The van der Waals surface area contributed by atoms with Crippen molar-refractivity contribution in [3.8, 4) is 0 Å². The zero-order valence-corrected chi connectivity index (χ0v) is 7.24. The summed E-state index contributed by atoms with van der Waals surface area (Å²) in [7, 11) is 3.11. The Labute approximate surface area is 70.9 Å². The summed E-state index contributed by atoms with van der Waals surface area (Å²) in [6.07, 6.45) is 0. The lowest BCUT2D eigenvalue weighted by Crippen LogP contribution is -2.52. The highest BCUT2D eigenvalue weighted by atomic mass is 16.5. The summed E-state index contributed by atoms with van der Waals surface area (Å²) >= 11 is 0. The summed E-state index contributed by atoms with van der Waals surface area (Å²) in [5, 5.41) is 0. The van der Waals surface area contributed by atoms with Crippen molar-refractivity contribution in [1.29, 1.82) is 0 Å². The van der Waals surface area contributed by atoms with Gasteiger partial charge in [0, 0.05) is 14.2 Å². The number of hydrogen-bond donors (Lipinski definition) is 0. The number of carbonyl (C=O) groups is 2. The van der Waals surface area contributed by atoms with E-state index in [1.165, 1.54) is 16.9 Å². The fourth-order valence-corrected chi connectivity index (χ4v) is 1.04. The van der Waals surface area contributed by atoms with Gasteiger partial charge in [-0.1, -0.05) is 0 Å². The van der Waals surface area contributed by atoms with Crippen molar-refractivity contribution in [3.05, 3.63) is 0 Å². The average Bonchev–Trinajstić information content (AvgIpc) is 2.01. The molecule has 0 unspecified atom stereocenters. The fraction of sp³-hybridized carbons (Fsp3) is 0.714. The Morgan fingerprint density at radius 2 is 2.00 bits per heavy atom. The Morgan fingerprint density at radius 1 is 1.33 bits per heavy atom. The maximum absolute atomic E-state index is 11.2. The molecule has 5 heteroatoms. The number of nitrogens with zero attached hydrogens (tertiary/aromatic N) is 2. The van der Waals surface area contributed by atoms with Gasteiger partial charge in [-0.05, 0) is 0 Å². The van der Waals surface area contributed by atoms with Crippen LogP contribution in [-0.4, -0.2) is 55.6 Å². The minimum atomic E-state index is -0.0704. The predicted octanol–water partition coefficient (Wildman–Crippen LogP) is -1.11. The van der Waals surface area contributed by atoms with Crippen LogP contribution in [0.1, 0.15) is 0 Å². The third-order valence-electron chi connectivity index (χ3n) is 1.76. The number of amides is 2. The van der Waals surface area contributed by atoms with E-state index in [0.29, 0.717) is 0 Å². The van der Waals surface area contributed by atoms with Crippen LogP contribution >= 0.6 is 0 Å². The average molecular weight is 172 g/mol. The SMILES string of the molecule is COCN1CC(=O)N(C)CC1=O. The van der Waals surface area contributed by atoms with E-state index in [2.05, 4.69) is 0 Å². The van der Waals surface area contributed by atoms with Crippen LogP contribution in [0, 0.1) is 0 Å². The van der Waals surface area contributed by atoms with Crippen LogP contribution in [0.4, 0.5) is 0 Å². The molecular formula is C7H12N2O3. The van der Waals surface area contributed by atoms with E-state index >= 15 is 0 Å². The zero-order valence-electron chi connectivity index (χ0n) is 7.24. The normalized spacial score (nSPS) is 18.8. The molecule has 5 nitrogen and oxygen atoms in total. The third kappa shape index (κ3) is 1.73. The number of ether oxygens (including phenoxy) is 1. The van der Waals surface area contributed by atoms with Crippen LogP contribution in [-0.2, 0) is 14.3 Å². The van der Waals surface area contributed by atoms with E-state index in [4.69, 9.17) is 4.74 Å². The van der Waals surface area contributed by atoms with Gasteiger partial charge in [0.25, 0.3) is 0 Å². The summed E-state index contributed by atoms with van der Waals surface area (Å²) in [5.41, 5.74) is 0. The Morgan fingerprint density at radius 3 is 2.58 bits per heavy atom. The summed E-state index contributed by atoms with van der Waals surface area (Å²) < 4.78 is 4.77. The van der Waals surface area contributed by atoms with Gasteiger partial charge in [-0.25, -0.2) is 0 Å². The first-order valence-corrected chi connectivity index (χ1v) is 3.66. The van der Waals surface area contributed by atoms with E-state index in [0.717, 1.165) is 0 Å². The highest BCUT2D eigenvalue weighted by Crippen LogP contribution is 2.01. The second kappa shape index (κ2) is 3.53. The largest absolute Gasteiger partial charge is 0.364 e. The van der Waals surface area contributed by atoms with E-state index in [1.807, 2.05) is 0 Å². The molecule has 1 heterocycles. The molecule has 0 N–H and O–H groups in total. The second-order valence-corrected chi connectivity index (χ2v) is 2.76. The van der Waals surface area contributed by atoms with E-state index in [-0.39, 0.29) is 31.6 Å². The third-order valence-corrected chi connectivity index (χ3v) is 1.76. The fourth-order valence-electron chi connectivity index (χ4n) is 1.04. The lowest BCUT2D eigenvalue weighted by atomic mass is 10.3. The molecule has 68 valence electrons. The topological polar surface area (TPSA) is 49.9 Å². The van der Waals surface area contributed by atoms with Gasteiger partial charge in [-0.15, -0.1) is 0 Å². The molecule has 1 aliphatic heterocycles. The molecule has 0 saturated carbocycles. The molecule has 1 rings (SSSR count). The molecule has 0 aliphatic carbocycles. The molecule has 0 aromatic carbocycles. The number of carbonyl (C=O) groups excluding carboxylic acids is 2. The quantitative estimate of drug-likeness (QED) is 0.530. The molecule has 0 spiro atoms. The Kier molecular flexibility index (Phi) is 2.65. The van der Waals surface area contributed by atoms with Crippen molar-refractivity contribution >= 4 is 11.8 Å². The van der Waals surface area contributed by atoms with Crippen molar-refractivity contribution in [2.45, 2.75) is 0 Å². The lowest BCUT2D eigenvalue weighted by molar-refractivity contribution is -0.152. The van der Waals surface area contributed by atoms with E-state index in [9.17, 15) is 9.59 Å². The second-order valence-electron chi connectivity index (χ2n) is 2.76. The van der Waals surface area contributed by atoms with Crippen molar-refractivity contribution in [3.63, 3.8) is 0 Å². The molecule has 0 aromatic rings. The molecule has 1 saturated heterocycles. The molecule has 0 aromatic heterocycles. The number of likely N-dealkylation sites (N-methyl/N-ethyl adjacent to an activating group) is 1. The van der Waals surface area contributed by atoms with Gasteiger partial charge < -0.3 is 14.5 Å². The van der Waals surface area contributed by atoms with Crippen LogP contribution in [0.5, 0.6) is 0 Å². The molecular weight excluding hydrogens is 160 g/mol. The summed E-state index contributed by atoms with van der Waals surface area (Å²) in [6, 6.07) is 0. The molecule has 0 atom stereocenters. The first kappa shape index (κ1) is 8.99. The summed E-state index contributed by atoms with van der Waals surface area (Å²) in [4.78, 5) is 25.1. The van der Waals surface area contributed by atoms with Gasteiger partial charge in [0.05, 0.1) is 6.54 Å². The minimum Gasteiger partial charge on any atom is -0.364 e. The maximum atomic E-state index is 11.2. The molecule has 0 bridgehead atoms. The highest BCUT2D eigenvalue weighted by molar-refractivity contribution is 5.92. The number of piperazine rings is 1. The number of rotatable bonds is 2. The Hall–Kier alpha value is -1.10. The van der Waals surface area contributed by atoms with Crippen LogP contribution in [0.3, 0.4) is 0 Å². The van der Waals surface area contributed by atoms with E-state index in [1.54, 1.807) is 7.05 Å². The van der Waals surface area contributed by atoms with Crippen molar-refractivity contribution in [2.24, 2.45) is 0 Å². The lowest BCUT2D eigenvalue weighted by Gasteiger charge is -2.30. The monoisotopic (exact) mass is 172 g/mol. The van der Waals surface area contributed by atoms with E-state index < -0.39 is 0 Å². The highest BCUT2D eigenvalue weighted by Gasteiger charge is 2.26. The molecule has 0 radical (unpaired) electrons. The first-order chi connectivity index (χ1) is 5.65. The molecule has 12 heavy (non-hydrogen) atoms. The molecule has 1 fully saturated rings. The Balaban J connectivity index is 2.55. The predicted molar refractivity (Wildman–Crippen MR) is 41.2 cm³/mol. The first-order valence-electron chi connectivity index (χ1n) is 3.66. The van der Waals surface area contributed by atoms with Gasteiger partial charge in [0.15, 0.2) is 0 Å². The van der Waals surface area contributed by atoms with Crippen LogP contribution in [0.15, 0.2) is 0 Å². The minimum absolute atomic E-state index is 0.0494. The summed E-state index contributed by atoms with van der Waals surface area (Å²) in [5.74, 6) is -0.120. The number of methoxy groups -OCH3 is 1.